The average Bonchev–Trinajstić information content (AvgIpc) is 3.37. The molecule has 0 aromatic carbocycles. The number of hydrogen-bond acceptors (Lipinski definition) is 4. The van der Waals surface area contributed by atoms with Gasteiger partial charge >= 0.3 is 0 Å². The number of halogens is 1. The Hall–Kier alpha value is -1.60. The molecule has 2 saturated heterocycles. The number of aryl methyl sites for hydroxylation is 2. The Labute approximate surface area is 179 Å². The molecule has 1 spiro atoms. The monoisotopic (exact) mass is 423 g/mol. The van der Waals surface area contributed by atoms with E-state index >= 15 is 0 Å². The predicted octanol–water partition coefficient (Wildman–Crippen LogP) is 2.10. The number of nitrogens with zero attached hydrogens (tertiary/aromatic N) is 3. The van der Waals surface area contributed by atoms with Crippen LogP contribution in [0.5, 0.6) is 0 Å². The summed E-state index contributed by atoms with van der Waals surface area (Å²) < 4.78 is 1.73. The molecule has 1 aromatic rings. The van der Waals surface area contributed by atoms with Gasteiger partial charge in [0, 0.05) is 32.4 Å². The molecule has 0 unspecified atom stereocenters. The Morgan fingerprint density at radius 2 is 1.72 bits per heavy atom. The van der Waals surface area contributed by atoms with Crippen molar-refractivity contribution in [2.45, 2.75) is 64.3 Å². The quantitative estimate of drug-likeness (QED) is 0.780. The standard InChI is InChI=1S/C21H33N5O2.ClH/c1-15-17(16(2)25(3)24-15)18(27)23-21(6-4-5-7-21)19(28)26-12-9-20(10-13-26)8-11-22-14-20;/h22H,4-14H2,1-3H3,(H,23,27);1H. The Morgan fingerprint density at radius 3 is 2.24 bits per heavy atom. The SMILES string of the molecule is Cc1nn(C)c(C)c1C(=O)NC1(C(=O)N2CCC3(CCNC3)CC2)CCCC1.Cl. The molecule has 7 nitrogen and oxygen atoms in total. The normalized spacial score (nSPS) is 22.5. The number of hydrogen-bond donors (Lipinski definition) is 2. The molecular formula is C21H34ClN5O2. The van der Waals surface area contributed by atoms with Crippen molar-refractivity contribution in [2.75, 3.05) is 26.2 Å². The van der Waals surface area contributed by atoms with Crippen LogP contribution in [0.1, 0.15) is 66.7 Å². The Morgan fingerprint density at radius 1 is 1.07 bits per heavy atom. The minimum absolute atomic E-state index is 0. The lowest BCUT2D eigenvalue weighted by Gasteiger charge is -2.42. The molecule has 162 valence electrons. The van der Waals surface area contributed by atoms with Gasteiger partial charge in [0.25, 0.3) is 5.91 Å². The number of aromatic nitrogens is 2. The Bertz CT molecular complexity index is 768. The van der Waals surface area contributed by atoms with Crippen LogP contribution in [0.3, 0.4) is 0 Å². The number of rotatable bonds is 3. The first-order valence-electron chi connectivity index (χ1n) is 10.7. The maximum Gasteiger partial charge on any atom is 0.255 e. The zero-order valence-electron chi connectivity index (χ0n) is 17.8. The van der Waals surface area contributed by atoms with Crippen LogP contribution in [0.4, 0.5) is 0 Å². The van der Waals surface area contributed by atoms with Crippen molar-refractivity contribution in [1.29, 1.82) is 0 Å². The largest absolute Gasteiger partial charge is 0.341 e. The maximum absolute atomic E-state index is 13.5. The van der Waals surface area contributed by atoms with E-state index < -0.39 is 5.54 Å². The fourth-order valence-electron chi connectivity index (χ4n) is 5.46. The van der Waals surface area contributed by atoms with E-state index in [0.717, 1.165) is 70.4 Å². The van der Waals surface area contributed by atoms with Crippen LogP contribution in [-0.4, -0.2) is 58.2 Å². The molecular weight excluding hydrogens is 390 g/mol. The summed E-state index contributed by atoms with van der Waals surface area (Å²) in [5.74, 6) is -0.0369. The fraction of sp³-hybridized carbons (Fsp3) is 0.762. The van der Waals surface area contributed by atoms with E-state index in [2.05, 4.69) is 15.7 Å². The van der Waals surface area contributed by atoms with E-state index in [1.807, 2.05) is 25.8 Å². The van der Waals surface area contributed by atoms with E-state index in [4.69, 9.17) is 0 Å². The molecule has 1 saturated carbocycles. The molecule has 2 amide bonds. The molecule has 3 heterocycles. The van der Waals surface area contributed by atoms with Crippen LogP contribution in [0, 0.1) is 19.3 Å². The molecule has 1 aromatic heterocycles. The average molecular weight is 424 g/mol. The van der Waals surface area contributed by atoms with E-state index in [-0.39, 0.29) is 24.2 Å². The summed E-state index contributed by atoms with van der Waals surface area (Å²) in [6.45, 7) is 7.54. The molecule has 29 heavy (non-hydrogen) atoms. The van der Waals surface area contributed by atoms with Gasteiger partial charge < -0.3 is 15.5 Å². The van der Waals surface area contributed by atoms with Gasteiger partial charge in [0.1, 0.15) is 5.54 Å². The second-order valence-electron chi connectivity index (χ2n) is 9.13. The van der Waals surface area contributed by atoms with E-state index in [9.17, 15) is 9.59 Å². The zero-order valence-corrected chi connectivity index (χ0v) is 18.7. The number of nitrogens with one attached hydrogen (secondary N) is 2. The topological polar surface area (TPSA) is 79.3 Å². The number of carbonyl (C=O) groups is 2. The summed E-state index contributed by atoms with van der Waals surface area (Å²) in [5, 5.41) is 11.0. The van der Waals surface area contributed by atoms with Crippen molar-refractivity contribution in [3.8, 4) is 0 Å². The Balaban J connectivity index is 0.00000240. The summed E-state index contributed by atoms with van der Waals surface area (Å²) in [7, 11) is 1.84. The number of carbonyl (C=O) groups excluding carboxylic acids is 2. The second-order valence-corrected chi connectivity index (χ2v) is 9.13. The molecule has 4 rings (SSSR count). The number of likely N-dealkylation sites (tertiary alicyclic amines) is 1. The second kappa shape index (κ2) is 8.26. The van der Waals surface area contributed by atoms with Crippen LogP contribution in [-0.2, 0) is 11.8 Å². The fourth-order valence-corrected chi connectivity index (χ4v) is 5.46. The molecule has 8 heteroatoms. The molecule has 2 N–H and O–H groups in total. The first-order valence-corrected chi connectivity index (χ1v) is 10.7. The van der Waals surface area contributed by atoms with Crippen molar-refractivity contribution in [2.24, 2.45) is 12.5 Å². The van der Waals surface area contributed by atoms with Gasteiger partial charge in [-0.25, -0.2) is 0 Å². The van der Waals surface area contributed by atoms with E-state index in [1.165, 1.54) is 6.42 Å². The van der Waals surface area contributed by atoms with Gasteiger partial charge in [-0.05, 0) is 57.9 Å². The third kappa shape index (κ3) is 3.91. The van der Waals surface area contributed by atoms with Gasteiger partial charge in [-0.1, -0.05) is 12.8 Å². The summed E-state index contributed by atoms with van der Waals surface area (Å²) in [6.07, 6.45) is 6.79. The summed E-state index contributed by atoms with van der Waals surface area (Å²) in [4.78, 5) is 28.7. The molecule has 3 fully saturated rings. The molecule has 3 aliphatic rings. The molecule has 1 aliphatic carbocycles. The summed E-state index contributed by atoms with van der Waals surface area (Å²) in [5.41, 5.74) is 1.80. The van der Waals surface area contributed by atoms with Gasteiger partial charge in [0.05, 0.1) is 11.3 Å². The first-order chi connectivity index (χ1) is 13.4. The third-order valence-electron chi connectivity index (χ3n) is 7.40. The van der Waals surface area contributed by atoms with Crippen LogP contribution in [0.15, 0.2) is 0 Å². The molecule has 2 aliphatic heterocycles. The van der Waals surface area contributed by atoms with Crippen molar-refractivity contribution in [1.82, 2.24) is 25.3 Å². The van der Waals surface area contributed by atoms with Gasteiger partial charge in [-0.2, -0.15) is 5.10 Å². The summed E-state index contributed by atoms with van der Waals surface area (Å²) in [6, 6.07) is 0. The summed E-state index contributed by atoms with van der Waals surface area (Å²) >= 11 is 0. The van der Waals surface area contributed by atoms with Gasteiger partial charge in [0.2, 0.25) is 5.91 Å². The van der Waals surface area contributed by atoms with Crippen LogP contribution >= 0.6 is 12.4 Å². The Kier molecular flexibility index (Phi) is 6.30. The van der Waals surface area contributed by atoms with E-state index in [1.54, 1.807) is 4.68 Å². The van der Waals surface area contributed by atoms with Crippen molar-refractivity contribution >= 4 is 24.2 Å². The van der Waals surface area contributed by atoms with E-state index in [0.29, 0.717) is 16.7 Å². The lowest BCUT2D eigenvalue weighted by molar-refractivity contribution is -0.140. The molecule has 0 bridgehead atoms. The van der Waals surface area contributed by atoms with Gasteiger partial charge in [0.15, 0.2) is 0 Å². The van der Waals surface area contributed by atoms with Crippen molar-refractivity contribution < 1.29 is 9.59 Å². The smallest absolute Gasteiger partial charge is 0.255 e. The first kappa shape index (κ1) is 22.1. The molecule has 0 radical (unpaired) electrons. The highest BCUT2D eigenvalue weighted by molar-refractivity contribution is 6.00. The highest BCUT2D eigenvalue weighted by atomic mass is 35.5. The third-order valence-corrected chi connectivity index (χ3v) is 7.40. The number of amides is 2. The van der Waals surface area contributed by atoms with Crippen molar-refractivity contribution in [3.05, 3.63) is 17.0 Å². The van der Waals surface area contributed by atoms with Crippen LogP contribution in [0.25, 0.3) is 0 Å². The van der Waals surface area contributed by atoms with Gasteiger partial charge in [-0.15, -0.1) is 12.4 Å². The molecule has 0 atom stereocenters. The highest BCUT2D eigenvalue weighted by Crippen LogP contribution is 2.39. The maximum atomic E-state index is 13.5. The lowest BCUT2D eigenvalue weighted by Crippen LogP contribution is -2.60. The minimum Gasteiger partial charge on any atom is -0.341 e. The zero-order chi connectivity index (χ0) is 19.9. The van der Waals surface area contributed by atoms with Crippen molar-refractivity contribution in [3.63, 3.8) is 0 Å². The van der Waals surface area contributed by atoms with Gasteiger partial charge in [-0.3, -0.25) is 14.3 Å². The van der Waals surface area contributed by atoms with Crippen LogP contribution in [0.2, 0.25) is 0 Å². The number of piperidine rings is 1. The highest BCUT2D eigenvalue weighted by Gasteiger charge is 2.47. The predicted molar refractivity (Wildman–Crippen MR) is 114 cm³/mol. The lowest BCUT2D eigenvalue weighted by atomic mass is 9.77. The minimum atomic E-state index is -0.746. The van der Waals surface area contributed by atoms with Crippen LogP contribution < -0.4 is 10.6 Å².